The lowest BCUT2D eigenvalue weighted by Gasteiger charge is -2.25. The second-order valence-electron chi connectivity index (χ2n) is 11.7. The zero-order chi connectivity index (χ0) is 31.1. The summed E-state index contributed by atoms with van der Waals surface area (Å²) in [5.41, 5.74) is 4.76. The molecule has 1 aliphatic rings. The Kier molecular flexibility index (Phi) is 10.5. The minimum Gasteiger partial charge on any atom is -0.390 e. The normalized spacial score (nSPS) is 16.2. The van der Waals surface area contributed by atoms with Gasteiger partial charge >= 0.3 is 0 Å². The van der Waals surface area contributed by atoms with Gasteiger partial charge in [-0.1, -0.05) is 50.2 Å². The van der Waals surface area contributed by atoms with Gasteiger partial charge in [0.15, 0.2) is 0 Å². The third-order valence-corrected chi connectivity index (χ3v) is 8.99. The molecule has 3 N–H and O–H groups in total. The molecule has 44 heavy (non-hydrogen) atoms. The van der Waals surface area contributed by atoms with Crippen molar-refractivity contribution in [3.63, 3.8) is 0 Å². The van der Waals surface area contributed by atoms with Crippen LogP contribution in [-0.2, 0) is 13.0 Å². The molecule has 5 rings (SSSR count). The number of rotatable bonds is 12. The average Bonchev–Trinajstić information content (AvgIpc) is 3.70. The molecule has 1 saturated heterocycles. The first kappa shape index (κ1) is 31.4. The quantitative estimate of drug-likeness (QED) is 0.210. The van der Waals surface area contributed by atoms with Gasteiger partial charge in [0.2, 0.25) is 0 Å². The lowest BCUT2D eigenvalue weighted by molar-refractivity contribution is 0.0735. The average molecular weight is 613 g/mol. The van der Waals surface area contributed by atoms with Gasteiger partial charge in [0.1, 0.15) is 5.01 Å². The first-order valence-corrected chi connectivity index (χ1v) is 16.0. The number of hydrogen-bond acceptors (Lipinski definition) is 8. The fourth-order valence-electron chi connectivity index (χ4n) is 5.47. The van der Waals surface area contributed by atoms with Crippen molar-refractivity contribution in [1.29, 1.82) is 0 Å². The van der Waals surface area contributed by atoms with Crippen molar-refractivity contribution in [3.8, 4) is 0 Å². The summed E-state index contributed by atoms with van der Waals surface area (Å²) in [7, 11) is 0. The van der Waals surface area contributed by atoms with Crippen molar-refractivity contribution in [1.82, 2.24) is 30.5 Å². The molecule has 230 valence electrons. The van der Waals surface area contributed by atoms with Gasteiger partial charge in [0.25, 0.3) is 11.8 Å². The first-order valence-electron chi connectivity index (χ1n) is 15.1. The highest BCUT2D eigenvalue weighted by Gasteiger charge is 2.33. The maximum Gasteiger partial charge on any atom is 0.256 e. The molecule has 0 aliphatic carbocycles. The Balaban J connectivity index is 1.26. The zero-order valence-corrected chi connectivity index (χ0v) is 26.3. The molecule has 0 radical (unpaired) electrons. The summed E-state index contributed by atoms with van der Waals surface area (Å²) >= 11 is 1.57. The second-order valence-corrected chi connectivity index (χ2v) is 12.6. The highest BCUT2D eigenvalue weighted by Crippen LogP contribution is 2.34. The Labute approximate surface area is 262 Å². The fourth-order valence-corrected chi connectivity index (χ4v) is 6.41. The molecule has 0 spiro atoms. The number of likely N-dealkylation sites (tertiary alicyclic amines) is 1. The predicted octanol–water partition coefficient (Wildman–Crippen LogP) is 4.83. The lowest BCUT2D eigenvalue weighted by Crippen LogP contribution is -2.48. The molecular formula is C34H40N6O3S. The number of aryl methyl sites for hydroxylation is 1. The molecule has 1 fully saturated rings. The van der Waals surface area contributed by atoms with Crippen LogP contribution in [0.3, 0.4) is 0 Å². The minimum absolute atomic E-state index is 0.0692. The van der Waals surface area contributed by atoms with Gasteiger partial charge in [-0.05, 0) is 54.9 Å². The van der Waals surface area contributed by atoms with Crippen molar-refractivity contribution >= 4 is 23.2 Å². The molecule has 2 amide bonds. The van der Waals surface area contributed by atoms with Crippen molar-refractivity contribution in [3.05, 3.63) is 111 Å². The van der Waals surface area contributed by atoms with Crippen LogP contribution in [0.1, 0.15) is 86.8 Å². The van der Waals surface area contributed by atoms with Crippen molar-refractivity contribution < 1.29 is 14.7 Å². The topological polar surface area (TPSA) is 120 Å². The van der Waals surface area contributed by atoms with E-state index in [0.29, 0.717) is 31.0 Å². The van der Waals surface area contributed by atoms with E-state index in [2.05, 4.69) is 45.5 Å². The third-order valence-electron chi connectivity index (χ3n) is 7.93. The van der Waals surface area contributed by atoms with Crippen LogP contribution in [0.2, 0.25) is 0 Å². The van der Waals surface area contributed by atoms with E-state index in [9.17, 15) is 14.7 Å². The summed E-state index contributed by atoms with van der Waals surface area (Å²) in [6.45, 7) is 7.66. The Hall–Kier alpha value is -3.99. The smallest absolute Gasteiger partial charge is 0.256 e. The van der Waals surface area contributed by atoms with E-state index >= 15 is 0 Å². The molecule has 4 heterocycles. The zero-order valence-electron chi connectivity index (χ0n) is 25.4. The Morgan fingerprint density at radius 3 is 2.57 bits per heavy atom. The van der Waals surface area contributed by atoms with E-state index in [1.807, 2.05) is 59.9 Å². The van der Waals surface area contributed by atoms with Gasteiger partial charge < -0.3 is 20.6 Å². The molecule has 1 aliphatic heterocycles. The maximum atomic E-state index is 13.6. The fraction of sp³-hybridized carbons (Fsp3) is 0.382. The molecule has 4 aromatic rings. The van der Waals surface area contributed by atoms with Crippen LogP contribution in [0.5, 0.6) is 0 Å². The summed E-state index contributed by atoms with van der Waals surface area (Å²) in [5, 5.41) is 20.5. The molecule has 3 aromatic heterocycles. The summed E-state index contributed by atoms with van der Waals surface area (Å²) < 4.78 is 0. The van der Waals surface area contributed by atoms with E-state index in [-0.39, 0.29) is 24.1 Å². The van der Waals surface area contributed by atoms with E-state index in [1.165, 1.54) is 12.4 Å². The van der Waals surface area contributed by atoms with Crippen LogP contribution in [0.25, 0.3) is 0 Å². The molecule has 10 heteroatoms. The monoisotopic (exact) mass is 612 g/mol. The number of aliphatic hydroxyl groups is 1. The molecule has 1 aromatic carbocycles. The molecule has 3 atom stereocenters. The number of benzene rings is 1. The van der Waals surface area contributed by atoms with Gasteiger partial charge in [-0.25, -0.2) is 4.98 Å². The molecule has 9 nitrogen and oxygen atoms in total. The summed E-state index contributed by atoms with van der Waals surface area (Å²) in [4.78, 5) is 42.1. The number of pyridine rings is 2. The summed E-state index contributed by atoms with van der Waals surface area (Å²) in [6.07, 6.45) is 7.98. The van der Waals surface area contributed by atoms with E-state index in [0.717, 1.165) is 40.2 Å². The van der Waals surface area contributed by atoms with Crippen LogP contribution < -0.4 is 10.6 Å². The minimum atomic E-state index is -0.870. The van der Waals surface area contributed by atoms with Crippen LogP contribution in [-0.4, -0.2) is 62.0 Å². The van der Waals surface area contributed by atoms with Crippen LogP contribution in [0.15, 0.2) is 72.6 Å². The SMILES string of the molecule is Cc1csc(C2CCCN2C(=O)c2cncc(C(=O)NC(Cc3ccccc3)C(O)CNCc3cncc(C(C)C)c3)c2)n1. The maximum absolute atomic E-state index is 13.6. The van der Waals surface area contributed by atoms with Gasteiger partial charge in [0, 0.05) is 55.5 Å². The van der Waals surface area contributed by atoms with Gasteiger partial charge in [-0.2, -0.15) is 0 Å². The second kappa shape index (κ2) is 14.7. The Morgan fingerprint density at radius 1 is 1.05 bits per heavy atom. The Bertz CT molecular complexity index is 1560. The number of thiazole rings is 1. The number of aliphatic hydroxyl groups excluding tert-OH is 1. The number of aromatic nitrogens is 3. The standard InChI is InChI=1S/C34H40N6O3S/c1-22(2)26-12-25(15-35-17-26)16-36-20-31(41)29(13-24-8-5-4-6-9-24)39-32(42)27-14-28(19-37-18-27)34(43)40-11-7-10-30(40)33-38-23(3)21-44-33/h4-6,8-9,12,14-15,17-19,21-22,29-31,36,41H,7,10-11,13,16,20H2,1-3H3,(H,39,42). The highest BCUT2D eigenvalue weighted by molar-refractivity contribution is 7.09. The number of hydrogen-bond donors (Lipinski definition) is 3. The third kappa shape index (κ3) is 7.93. The van der Waals surface area contributed by atoms with Gasteiger partial charge in [-0.3, -0.25) is 19.6 Å². The molecular weight excluding hydrogens is 572 g/mol. The number of carbonyl (C=O) groups excluding carboxylic acids is 2. The van der Waals surface area contributed by atoms with Crippen LogP contribution in [0, 0.1) is 6.92 Å². The van der Waals surface area contributed by atoms with Crippen molar-refractivity contribution in [2.75, 3.05) is 13.1 Å². The first-order chi connectivity index (χ1) is 21.3. The molecule has 3 unspecified atom stereocenters. The largest absolute Gasteiger partial charge is 0.390 e. The van der Waals surface area contributed by atoms with E-state index in [4.69, 9.17) is 0 Å². The lowest BCUT2D eigenvalue weighted by atomic mass is 10.00. The molecule has 0 bridgehead atoms. The van der Waals surface area contributed by atoms with E-state index in [1.54, 1.807) is 17.4 Å². The number of nitrogens with one attached hydrogen (secondary N) is 2. The highest BCUT2D eigenvalue weighted by atomic mass is 32.1. The van der Waals surface area contributed by atoms with Crippen LogP contribution >= 0.6 is 11.3 Å². The van der Waals surface area contributed by atoms with Crippen molar-refractivity contribution in [2.24, 2.45) is 0 Å². The van der Waals surface area contributed by atoms with Gasteiger partial charge in [-0.15, -0.1) is 11.3 Å². The Morgan fingerprint density at radius 2 is 1.82 bits per heavy atom. The predicted molar refractivity (Wildman–Crippen MR) is 172 cm³/mol. The molecule has 0 saturated carbocycles. The summed E-state index contributed by atoms with van der Waals surface area (Å²) in [5.74, 6) is -0.182. The van der Waals surface area contributed by atoms with Crippen molar-refractivity contribution in [2.45, 2.75) is 70.7 Å². The number of carbonyl (C=O) groups is 2. The number of nitrogens with zero attached hydrogens (tertiary/aromatic N) is 4. The number of amides is 2. The van der Waals surface area contributed by atoms with Gasteiger partial charge in [0.05, 0.1) is 29.3 Å². The summed E-state index contributed by atoms with van der Waals surface area (Å²) in [6, 6.07) is 12.8. The van der Waals surface area contributed by atoms with Crippen LogP contribution in [0.4, 0.5) is 0 Å². The van der Waals surface area contributed by atoms with E-state index < -0.39 is 18.1 Å².